The van der Waals surface area contributed by atoms with E-state index in [0.717, 1.165) is 0 Å². The number of rotatable bonds is 4. The minimum atomic E-state index is -0.701. The van der Waals surface area contributed by atoms with Gasteiger partial charge in [-0.2, -0.15) is 0 Å². The number of phenolic OH excluding ortho intramolecular Hbond substituents is 1. The van der Waals surface area contributed by atoms with E-state index in [4.69, 9.17) is 9.47 Å². The van der Waals surface area contributed by atoms with E-state index in [1.54, 1.807) is 0 Å². The number of methoxy groups -OCH3 is 1. The summed E-state index contributed by atoms with van der Waals surface area (Å²) in [4.78, 5) is 21.8. The number of Topliss-reactive ketones (excluding diaryl/α,β-unsaturated/α-hetero) is 1. The summed E-state index contributed by atoms with van der Waals surface area (Å²) in [5.41, 5.74) is 0. The average Bonchev–Trinajstić information content (AvgIpc) is 2.19. The van der Waals surface area contributed by atoms with Gasteiger partial charge in [0.05, 0.1) is 7.11 Å². The molecular weight excluding hydrogens is 212 g/mol. The van der Waals surface area contributed by atoms with Gasteiger partial charge in [0, 0.05) is 6.07 Å². The van der Waals surface area contributed by atoms with Crippen LogP contribution in [0.4, 0.5) is 0 Å². The van der Waals surface area contributed by atoms with Gasteiger partial charge in [0.2, 0.25) is 0 Å². The van der Waals surface area contributed by atoms with E-state index >= 15 is 0 Å². The normalized spacial score (nSPS) is 9.62. The lowest BCUT2D eigenvalue weighted by atomic mass is 10.3. The van der Waals surface area contributed by atoms with Gasteiger partial charge in [-0.3, -0.25) is 9.59 Å². The maximum atomic E-state index is 11.1. The number of aromatic hydroxyl groups is 1. The van der Waals surface area contributed by atoms with Crippen LogP contribution in [0.1, 0.15) is 13.3 Å². The Labute approximate surface area is 92.6 Å². The van der Waals surface area contributed by atoms with Crippen LogP contribution in [-0.4, -0.2) is 24.0 Å². The highest BCUT2D eigenvalue weighted by atomic mass is 16.5. The summed E-state index contributed by atoms with van der Waals surface area (Å²) < 4.78 is 9.66. The second-order valence-corrected chi connectivity index (χ2v) is 3.19. The van der Waals surface area contributed by atoms with Gasteiger partial charge in [0.15, 0.2) is 11.5 Å². The van der Waals surface area contributed by atoms with E-state index in [1.807, 2.05) is 0 Å². The predicted molar refractivity (Wildman–Crippen MR) is 55.6 cm³/mol. The Kier molecular flexibility index (Phi) is 3.88. The number of carbonyl (C=O) groups excluding carboxylic acids is 2. The molecule has 0 spiro atoms. The molecule has 5 nitrogen and oxygen atoms in total. The molecule has 0 radical (unpaired) electrons. The molecule has 1 N–H and O–H groups in total. The Bertz CT molecular complexity index is 411. The van der Waals surface area contributed by atoms with E-state index in [9.17, 15) is 14.7 Å². The molecule has 1 aromatic carbocycles. The van der Waals surface area contributed by atoms with E-state index in [2.05, 4.69) is 0 Å². The van der Waals surface area contributed by atoms with Gasteiger partial charge < -0.3 is 14.6 Å². The highest BCUT2D eigenvalue weighted by molar-refractivity contribution is 5.95. The summed E-state index contributed by atoms with van der Waals surface area (Å²) in [6.45, 7) is 1.29. The maximum absolute atomic E-state index is 11.1. The smallest absolute Gasteiger partial charge is 0.318 e. The molecular formula is C11H12O5. The molecule has 16 heavy (non-hydrogen) atoms. The first-order chi connectivity index (χ1) is 7.52. The number of hydrogen-bond acceptors (Lipinski definition) is 5. The number of phenols is 1. The topological polar surface area (TPSA) is 72.8 Å². The molecule has 86 valence electrons. The van der Waals surface area contributed by atoms with Crippen molar-refractivity contribution < 1.29 is 24.2 Å². The van der Waals surface area contributed by atoms with Crippen LogP contribution >= 0.6 is 0 Å². The molecule has 1 aromatic rings. The number of carbonyl (C=O) groups is 2. The van der Waals surface area contributed by atoms with Crippen LogP contribution in [0.3, 0.4) is 0 Å². The molecule has 0 aliphatic rings. The number of ether oxygens (including phenoxy) is 2. The van der Waals surface area contributed by atoms with Crippen LogP contribution in [0, 0.1) is 0 Å². The van der Waals surface area contributed by atoms with Crippen molar-refractivity contribution in [3.8, 4) is 17.2 Å². The fourth-order valence-corrected chi connectivity index (χ4v) is 1.07. The second-order valence-electron chi connectivity index (χ2n) is 3.19. The molecule has 0 atom stereocenters. The van der Waals surface area contributed by atoms with Gasteiger partial charge in [-0.1, -0.05) is 0 Å². The van der Waals surface area contributed by atoms with Crippen LogP contribution in [0.5, 0.6) is 17.2 Å². The van der Waals surface area contributed by atoms with Crippen LogP contribution in [0.15, 0.2) is 18.2 Å². The molecule has 0 saturated heterocycles. The van der Waals surface area contributed by atoms with Crippen LogP contribution in [0.2, 0.25) is 0 Å². The molecule has 0 aliphatic carbocycles. The lowest BCUT2D eigenvalue weighted by molar-refractivity contribution is -0.137. The fraction of sp³-hybridized carbons (Fsp3) is 0.273. The van der Waals surface area contributed by atoms with Crippen LogP contribution in [0.25, 0.3) is 0 Å². The summed E-state index contributed by atoms with van der Waals surface area (Å²) in [5, 5.41) is 9.46. The Hall–Kier alpha value is -2.04. The Balaban J connectivity index is 2.74. The average molecular weight is 224 g/mol. The molecule has 1 rings (SSSR count). The van der Waals surface area contributed by atoms with Crippen molar-refractivity contribution in [1.29, 1.82) is 0 Å². The van der Waals surface area contributed by atoms with Gasteiger partial charge in [0.1, 0.15) is 18.0 Å². The van der Waals surface area contributed by atoms with Crippen molar-refractivity contribution in [3.05, 3.63) is 18.2 Å². The first-order valence-electron chi connectivity index (χ1n) is 4.60. The molecule has 0 bridgehead atoms. The van der Waals surface area contributed by atoms with E-state index in [-0.39, 0.29) is 23.7 Å². The Morgan fingerprint density at radius 2 is 2.06 bits per heavy atom. The SMILES string of the molecule is COc1ccc(OC(=O)CC(C)=O)c(O)c1. The summed E-state index contributed by atoms with van der Waals surface area (Å²) in [6.07, 6.45) is -0.314. The van der Waals surface area contributed by atoms with Crippen molar-refractivity contribution in [2.24, 2.45) is 0 Å². The molecule has 0 fully saturated rings. The number of esters is 1. The zero-order chi connectivity index (χ0) is 12.1. The zero-order valence-electron chi connectivity index (χ0n) is 9.02. The molecule has 0 heterocycles. The molecule has 0 aromatic heterocycles. The molecule has 0 aliphatic heterocycles. The van der Waals surface area contributed by atoms with Gasteiger partial charge in [0.25, 0.3) is 0 Å². The number of hydrogen-bond donors (Lipinski definition) is 1. The predicted octanol–water partition coefficient (Wildman–Crippen LogP) is 1.29. The first-order valence-corrected chi connectivity index (χ1v) is 4.60. The summed E-state index contributed by atoms with van der Waals surface area (Å²) in [7, 11) is 1.45. The second kappa shape index (κ2) is 5.16. The molecule has 0 unspecified atom stereocenters. The number of ketones is 1. The highest BCUT2D eigenvalue weighted by Crippen LogP contribution is 2.30. The van der Waals surface area contributed by atoms with Gasteiger partial charge in [-0.15, -0.1) is 0 Å². The van der Waals surface area contributed by atoms with Crippen molar-refractivity contribution in [1.82, 2.24) is 0 Å². The number of benzene rings is 1. The summed E-state index contributed by atoms with van der Waals surface area (Å²) >= 11 is 0. The fourth-order valence-electron chi connectivity index (χ4n) is 1.07. The third kappa shape index (κ3) is 3.27. The lowest BCUT2D eigenvalue weighted by Gasteiger charge is -2.06. The molecule has 5 heteroatoms. The Morgan fingerprint density at radius 1 is 1.38 bits per heavy atom. The van der Waals surface area contributed by atoms with Crippen molar-refractivity contribution >= 4 is 11.8 Å². The van der Waals surface area contributed by atoms with Crippen molar-refractivity contribution in [2.75, 3.05) is 7.11 Å². The molecule has 0 amide bonds. The van der Waals surface area contributed by atoms with E-state index in [0.29, 0.717) is 5.75 Å². The van der Waals surface area contributed by atoms with Crippen molar-refractivity contribution in [3.63, 3.8) is 0 Å². The minimum Gasteiger partial charge on any atom is -0.504 e. The zero-order valence-corrected chi connectivity index (χ0v) is 9.02. The van der Waals surface area contributed by atoms with E-state index in [1.165, 1.54) is 32.2 Å². The standard InChI is InChI=1S/C11H12O5/c1-7(12)5-11(14)16-10-4-3-8(15-2)6-9(10)13/h3-4,6,13H,5H2,1-2H3. The monoisotopic (exact) mass is 224 g/mol. The van der Waals surface area contributed by atoms with Gasteiger partial charge >= 0.3 is 5.97 Å². The highest BCUT2D eigenvalue weighted by Gasteiger charge is 2.11. The lowest BCUT2D eigenvalue weighted by Crippen LogP contribution is -2.11. The maximum Gasteiger partial charge on any atom is 0.318 e. The van der Waals surface area contributed by atoms with Crippen LogP contribution < -0.4 is 9.47 Å². The summed E-state index contributed by atoms with van der Waals surface area (Å²) in [6, 6.07) is 4.25. The first kappa shape index (κ1) is 12.0. The quantitative estimate of drug-likeness (QED) is 0.474. The molecule has 0 saturated carbocycles. The summed E-state index contributed by atoms with van der Waals surface area (Å²) in [5.74, 6) is -0.752. The third-order valence-electron chi connectivity index (χ3n) is 1.78. The Morgan fingerprint density at radius 3 is 2.56 bits per heavy atom. The third-order valence-corrected chi connectivity index (χ3v) is 1.78. The van der Waals surface area contributed by atoms with Gasteiger partial charge in [-0.05, 0) is 19.1 Å². The van der Waals surface area contributed by atoms with E-state index < -0.39 is 5.97 Å². The largest absolute Gasteiger partial charge is 0.504 e. The van der Waals surface area contributed by atoms with Crippen molar-refractivity contribution in [2.45, 2.75) is 13.3 Å². The van der Waals surface area contributed by atoms with Crippen LogP contribution in [-0.2, 0) is 9.59 Å². The van der Waals surface area contributed by atoms with Gasteiger partial charge in [-0.25, -0.2) is 0 Å². The minimum absolute atomic E-state index is 0.00653.